The van der Waals surface area contributed by atoms with Crippen LogP contribution in [0.3, 0.4) is 0 Å². The summed E-state index contributed by atoms with van der Waals surface area (Å²) in [6, 6.07) is 12.6. The fourth-order valence-corrected chi connectivity index (χ4v) is 2.64. The van der Waals surface area contributed by atoms with Gasteiger partial charge in [-0.25, -0.2) is 0 Å². The average Bonchev–Trinajstić information content (AvgIpc) is 2.67. The summed E-state index contributed by atoms with van der Waals surface area (Å²) in [6.07, 6.45) is 0.205. The van der Waals surface area contributed by atoms with Crippen LogP contribution in [0.4, 0.5) is 0 Å². The van der Waals surface area contributed by atoms with E-state index in [2.05, 4.69) is 26.6 Å². The van der Waals surface area contributed by atoms with Gasteiger partial charge in [-0.2, -0.15) is 0 Å². The van der Waals surface area contributed by atoms with Crippen LogP contribution in [0.5, 0.6) is 11.5 Å². The summed E-state index contributed by atoms with van der Waals surface area (Å²) in [5.41, 5.74) is 1.46. The minimum atomic E-state index is -0.202. The Morgan fingerprint density at radius 1 is 1.04 bits per heavy atom. The summed E-state index contributed by atoms with van der Waals surface area (Å²) in [6.45, 7) is 3.11. The summed E-state index contributed by atoms with van der Waals surface area (Å²) in [5, 5.41) is 5.57. The molecule has 0 aromatic heterocycles. The van der Waals surface area contributed by atoms with Gasteiger partial charge in [-0.05, 0) is 48.9 Å². The molecule has 0 fully saturated rings. The number of methoxy groups -OCH3 is 1. The Labute approximate surface area is 167 Å². The van der Waals surface area contributed by atoms with Gasteiger partial charge in [-0.15, -0.1) is 0 Å². The summed E-state index contributed by atoms with van der Waals surface area (Å²) in [7, 11) is 1.58. The van der Waals surface area contributed by atoms with Crippen molar-refractivity contribution in [1.29, 1.82) is 0 Å². The van der Waals surface area contributed by atoms with Gasteiger partial charge in [0.1, 0.15) is 0 Å². The van der Waals surface area contributed by atoms with Crippen LogP contribution >= 0.6 is 15.9 Å². The summed E-state index contributed by atoms with van der Waals surface area (Å²) in [5.74, 6) is 0.960. The summed E-state index contributed by atoms with van der Waals surface area (Å²) in [4.78, 5) is 24.0. The van der Waals surface area contributed by atoms with Crippen LogP contribution in [0, 0.1) is 0 Å². The standard InChI is InChI=1S/C20H23BrN2O4/c1-3-27-17-9-4-14(12-18(17)26-2)13-23-19(24)10-11-22-20(25)15-5-7-16(21)8-6-15/h4-9,12H,3,10-11,13H2,1-2H3,(H,22,25)(H,23,24). The highest BCUT2D eigenvalue weighted by Gasteiger charge is 2.08. The fourth-order valence-electron chi connectivity index (χ4n) is 2.38. The lowest BCUT2D eigenvalue weighted by atomic mass is 10.2. The lowest BCUT2D eigenvalue weighted by Gasteiger charge is -2.11. The second kappa shape index (κ2) is 10.6. The Balaban J connectivity index is 1.76. The molecule has 0 saturated heterocycles. The number of ether oxygens (including phenoxy) is 2. The first kappa shape index (κ1) is 20.8. The lowest BCUT2D eigenvalue weighted by molar-refractivity contribution is -0.121. The van der Waals surface area contributed by atoms with Gasteiger partial charge in [0.15, 0.2) is 11.5 Å². The smallest absolute Gasteiger partial charge is 0.251 e. The highest BCUT2D eigenvalue weighted by atomic mass is 79.9. The van der Waals surface area contributed by atoms with Crippen LogP contribution in [0.15, 0.2) is 46.9 Å². The zero-order valence-corrected chi connectivity index (χ0v) is 17.0. The van der Waals surface area contributed by atoms with Crippen molar-refractivity contribution in [3.63, 3.8) is 0 Å². The molecule has 0 aliphatic carbocycles. The highest BCUT2D eigenvalue weighted by molar-refractivity contribution is 9.10. The maximum absolute atomic E-state index is 12.0. The number of halogens is 1. The minimum absolute atomic E-state index is 0.140. The van der Waals surface area contributed by atoms with Crippen molar-refractivity contribution in [1.82, 2.24) is 10.6 Å². The van der Waals surface area contributed by atoms with Crippen LogP contribution in [-0.2, 0) is 11.3 Å². The fraction of sp³-hybridized carbons (Fsp3) is 0.300. The number of benzene rings is 2. The van der Waals surface area contributed by atoms with E-state index in [1.165, 1.54) is 0 Å². The molecule has 0 atom stereocenters. The summed E-state index contributed by atoms with van der Waals surface area (Å²) < 4.78 is 11.7. The molecule has 2 amide bonds. The molecule has 0 saturated carbocycles. The number of nitrogens with one attached hydrogen (secondary N) is 2. The Morgan fingerprint density at radius 2 is 1.78 bits per heavy atom. The Morgan fingerprint density at radius 3 is 2.44 bits per heavy atom. The van der Waals surface area contributed by atoms with Gasteiger partial charge < -0.3 is 20.1 Å². The zero-order valence-electron chi connectivity index (χ0n) is 15.4. The molecule has 0 heterocycles. The average molecular weight is 435 g/mol. The van der Waals surface area contributed by atoms with Gasteiger partial charge in [-0.1, -0.05) is 22.0 Å². The topological polar surface area (TPSA) is 76.7 Å². The van der Waals surface area contributed by atoms with Crippen molar-refractivity contribution in [3.8, 4) is 11.5 Å². The molecule has 2 aromatic carbocycles. The van der Waals surface area contributed by atoms with Crippen molar-refractivity contribution in [2.75, 3.05) is 20.3 Å². The van der Waals surface area contributed by atoms with Gasteiger partial charge in [0.25, 0.3) is 5.91 Å². The maximum Gasteiger partial charge on any atom is 0.251 e. The van der Waals surface area contributed by atoms with Crippen molar-refractivity contribution < 1.29 is 19.1 Å². The first-order chi connectivity index (χ1) is 13.0. The van der Waals surface area contributed by atoms with E-state index in [9.17, 15) is 9.59 Å². The molecule has 2 rings (SSSR count). The van der Waals surface area contributed by atoms with E-state index in [4.69, 9.17) is 9.47 Å². The molecule has 0 unspecified atom stereocenters. The first-order valence-corrected chi connectivity index (χ1v) is 9.43. The number of carbonyl (C=O) groups is 2. The van der Waals surface area contributed by atoms with Crippen LogP contribution in [0.25, 0.3) is 0 Å². The molecular weight excluding hydrogens is 412 g/mol. The molecule has 2 N–H and O–H groups in total. The number of rotatable bonds is 9. The van der Waals surface area contributed by atoms with E-state index >= 15 is 0 Å². The highest BCUT2D eigenvalue weighted by Crippen LogP contribution is 2.27. The number of carbonyl (C=O) groups excluding carboxylic acids is 2. The quantitative estimate of drug-likeness (QED) is 0.634. The van der Waals surface area contributed by atoms with E-state index < -0.39 is 0 Å². The van der Waals surface area contributed by atoms with Crippen LogP contribution in [-0.4, -0.2) is 32.1 Å². The Hall–Kier alpha value is -2.54. The van der Waals surface area contributed by atoms with Crippen LogP contribution in [0.2, 0.25) is 0 Å². The predicted octanol–water partition coefficient (Wildman–Crippen LogP) is 3.29. The van der Waals surface area contributed by atoms with Crippen molar-refractivity contribution >= 4 is 27.7 Å². The third kappa shape index (κ3) is 6.60. The number of hydrogen-bond acceptors (Lipinski definition) is 4. The molecule has 6 nitrogen and oxygen atoms in total. The molecule has 7 heteroatoms. The normalized spacial score (nSPS) is 10.2. The second-order valence-corrected chi connectivity index (χ2v) is 6.62. The van der Waals surface area contributed by atoms with Gasteiger partial charge >= 0.3 is 0 Å². The summed E-state index contributed by atoms with van der Waals surface area (Å²) >= 11 is 3.32. The first-order valence-electron chi connectivity index (χ1n) is 8.63. The van der Waals surface area contributed by atoms with Crippen LogP contribution < -0.4 is 20.1 Å². The van der Waals surface area contributed by atoms with E-state index in [1.54, 1.807) is 31.4 Å². The number of amides is 2. The largest absolute Gasteiger partial charge is 0.493 e. The van der Waals surface area contributed by atoms with Gasteiger partial charge in [0.05, 0.1) is 13.7 Å². The molecule has 0 aliphatic rings. The van der Waals surface area contributed by atoms with E-state index in [-0.39, 0.29) is 24.8 Å². The minimum Gasteiger partial charge on any atom is -0.493 e. The monoisotopic (exact) mass is 434 g/mol. The molecular formula is C20H23BrN2O4. The third-order valence-electron chi connectivity index (χ3n) is 3.76. The molecule has 0 bridgehead atoms. The Bertz CT molecular complexity index is 778. The second-order valence-electron chi connectivity index (χ2n) is 5.71. The lowest BCUT2D eigenvalue weighted by Crippen LogP contribution is -2.30. The van der Waals surface area contributed by atoms with Crippen molar-refractivity contribution in [2.24, 2.45) is 0 Å². The SMILES string of the molecule is CCOc1ccc(CNC(=O)CCNC(=O)c2ccc(Br)cc2)cc1OC. The molecule has 0 spiro atoms. The molecule has 0 aliphatic heterocycles. The van der Waals surface area contributed by atoms with Gasteiger partial charge in [-0.3, -0.25) is 9.59 Å². The van der Waals surface area contributed by atoms with Crippen LogP contribution in [0.1, 0.15) is 29.3 Å². The molecule has 144 valence electrons. The molecule has 27 heavy (non-hydrogen) atoms. The van der Waals surface area contributed by atoms with Crippen molar-refractivity contribution in [2.45, 2.75) is 19.9 Å². The number of hydrogen-bond donors (Lipinski definition) is 2. The zero-order chi connectivity index (χ0) is 19.6. The van der Waals surface area contributed by atoms with Gasteiger partial charge in [0, 0.05) is 29.5 Å². The van der Waals surface area contributed by atoms with E-state index in [0.717, 1.165) is 10.0 Å². The van der Waals surface area contributed by atoms with E-state index in [1.807, 2.05) is 25.1 Å². The Kier molecular flexibility index (Phi) is 8.13. The molecule has 0 radical (unpaired) electrons. The predicted molar refractivity (Wildman–Crippen MR) is 107 cm³/mol. The maximum atomic E-state index is 12.0. The van der Waals surface area contributed by atoms with E-state index in [0.29, 0.717) is 30.2 Å². The van der Waals surface area contributed by atoms with Crippen molar-refractivity contribution in [3.05, 3.63) is 58.1 Å². The van der Waals surface area contributed by atoms with Gasteiger partial charge in [0.2, 0.25) is 5.91 Å². The third-order valence-corrected chi connectivity index (χ3v) is 4.29. The molecule has 2 aromatic rings.